The maximum atomic E-state index is 10.6. The second kappa shape index (κ2) is 2.26. The minimum atomic E-state index is -0.971. The Kier molecular flexibility index (Phi) is 1.58. The van der Waals surface area contributed by atoms with Crippen LogP contribution in [-0.2, 0) is 4.79 Å². The second-order valence-corrected chi connectivity index (χ2v) is 2.15. The van der Waals surface area contributed by atoms with Crippen LogP contribution in [0.1, 0.15) is 6.42 Å². The summed E-state index contributed by atoms with van der Waals surface area (Å²) in [4.78, 5) is 22.2. The van der Waals surface area contributed by atoms with E-state index in [1.807, 2.05) is 5.32 Å². The summed E-state index contributed by atoms with van der Waals surface area (Å²) in [5.41, 5.74) is 0. The molecule has 1 aliphatic rings. The van der Waals surface area contributed by atoms with E-state index < -0.39 is 18.2 Å². The quantitative estimate of drug-likeness (QED) is 0.452. The lowest BCUT2D eigenvalue weighted by atomic mass is 10.3. The zero-order valence-corrected chi connectivity index (χ0v) is 5.50. The summed E-state index contributed by atoms with van der Waals surface area (Å²) >= 11 is 0. The third kappa shape index (κ3) is 1.08. The van der Waals surface area contributed by atoms with E-state index in [-0.39, 0.29) is 6.42 Å². The van der Waals surface area contributed by atoms with Crippen LogP contribution in [0.25, 0.3) is 0 Å². The topological polar surface area (TPSA) is 69.6 Å². The first-order chi connectivity index (χ1) is 4.61. The fourth-order valence-electron chi connectivity index (χ4n) is 0.697. The Morgan fingerprint density at radius 2 is 2.30 bits per heavy atom. The highest BCUT2D eigenvalue weighted by Gasteiger charge is 2.27. The van der Waals surface area contributed by atoms with Crippen molar-refractivity contribution < 1.29 is 14.7 Å². The van der Waals surface area contributed by atoms with Crippen LogP contribution in [0.2, 0.25) is 0 Å². The maximum absolute atomic E-state index is 10.6. The molecule has 0 aliphatic carbocycles. The Bertz CT molecular complexity index is 180. The Morgan fingerprint density at radius 3 is 2.80 bits per heavy atom. The van der Waals surface area contributed by atoms with Gasteiger partial charge in [-0.1, -0.05) is 0 Å². The molecule has 0 aromatic rings. The molecular weight excluding hydrogens is 136 g/mol. The number of nitrogens with one attached hydrogen (secondary N) is 1. The minimum absolute atomic E-state index is 0.0394. The number of hydrogen-bond donors (Lipinski definition) is 2. The average Bonchev–Trinajstić information content (AvgIpc) is 1.82. The molecule has 0 spiro atoms. The van der Waals surface area contributed by atoms with Crippen molar-refractivity contribution in [1.29, 1.82) is 0 Å². The van der Waals surface area contributed by atoms with Gasteiger partial charge in [0.15, 0.2) is 0 Å². The van der Waals surface area contributed by atoms with Crippen LogP contribution in [0.15, 0.2) is 0 Å². The zero-order valence-electron chi connectivity index (χ0n) is 5.50. The molecule has 56 valence electrons. The van der Waals surface area contributed by atoms with E-state index >= 15 is 0 Å². The van der Waals surface area contributed by atoms with E-state index in [9.17, 15) is 9.59 Å². The van der Waals surface area contributed by atoms with E-state index in [0.29, 0.717) is 0 Å². The molecule has 5 heteroatoms. The molecule has 1 rings (SSSR count). The van der Waals surface area contributed by atoms with Gasteiger partial charge in [0, 0.05) is 7.05 Å². The van der Waals surface area contributed by atoms with Crippen molar-refractivity contribution in [2.24, 2.45) is 0 Å². The first-order valence-corrected chi connectivity index (χ1v) is 2.86. The molecule has 0 radical (unpaired) electrons. The van der Waals surface area contributed by atoms with Crippen molar-refractivity contribution in [3.63, 3.8) is 0 Å². The lowest BCUT2D eigenvalue weighted by Gasteiger charge is -2.27. The van der Waals surface area contributed by atoms with Crippen molar-refractivity contribution in [2.75, 3.05) is 7.05 Å². The van der Waals surface area contributed by atoms with Crippen molar-refractivity contribution in [2.45, 2.75) is 12.6 Å². The highest BCUT2D eigenvalue weighted by atomic mass is 16.3. The SMILES string of the molecule is CN1C(=O)NC(=O)CC1O. The van der Waals surface area contributed by atoms with E-state index in [2.05, 4.69) is 0 Å². The number of urea groups is 1. The predicted molar refractivity (Wildman–Crippen MR) is 31.9 cm³/mol. The molecule has 3 amide bonds. The standard InChI is InChI=1S/C5H8N2O3/c1-7-4(9)2-3(8)6-5(7)10/h4,9H,2H2,1H3,(H,6,8,10). The molecule has 1 saturated heterocycles. The van der Waals surface area contributed by atoms with Crippen LogP contribution in [0.4, 0.5) is 4.79 Å². The molecule has 2 N–H and O–H groups in total. The summed E-state index contributed by atoms with van der Waals surface area (Å²) in [6.45, 7) is 0. The van der Waals surface area contributed by atoms with Crippen LogP contribution in [0, 0.1) is 0 Å². The number of hydrogen-bond acceptors (Lipinski definition) is 3. The van der Waals surface area contributed by atoms with E-state index in [0.717, 1.165) is 4.90 Å². The summed E-state index contributed by atoms with van der Waals surface area (Å²) in [5.74, 6) is -0.435. The monoisotopic (exact) mass is 144 g/mol. The summed E-state index contributed by atoms with van der Waals surface area (Å²) in [7, 11) is 1.42. The van der Waals surface area contributed by atoms with Crippen molar-refractivity contribution in [3.8, 4) is 0 Å². The number of aliphatic hydroxyl groups is 1. The van der Waals surface area contributed by atoms with Gasteiger partial charge in [-0.05, 0) is 0 Å². The number of rotatable bonds is 0. The molecule has 10 heavy (non-hydrogen) atoms. The number of imide groups is 1. The van der Waals surface area contributed by atoms with Crippen LogP contribution < -0.4 is 5.32 Å². The molecule has 1 unspecified atom stereocenters. The van der Waals surface area contributed by atoms with Crippen molar-refractivity contribution in [3.05, 3.63) is 0 Å². The lowest BCUT2D eigenvalue weighted by molar-refractivity contribution is -0.126. The summed E-state index contributed by atoms with van der Waals surface area (Å²) in [6, 6.07) is -0.552. The zero-order chi connectivity index (χ0) is 7.72. The second-order valence-electron chi connectivity index (χ2n) is 2.15. The van der Waals surface area contributed by atoms with Gasteiger partial charge in [0.2, 0.25) is 5.91 Å². The lowest BCUT2D eigenvalue weighted by Crippen LogP contribution is -2.52. The van der Waals surface area contributed by atoms with Gasteiger partial charge in [0.1, 0.15) is 6.23 Å². The molecule has 0 bridgehead atoms. The molecule has 1 fully saturated rings. The van der Waals surface area contributed by atoms with Crippen LogP contribution in [0.5, 0.6) is 0 Å². The highest BCUT2D eigenvalue weighted by molar-refractivity contribution is 5.96. The minimum Gasteiger partial charge on any atom is -0.373 e. The molecule has 5 nitrogen and oxygen atoms in total. The van der Waals surface area contributed by atoms with Gasteiger partial charge < -0.3 is 10.0 Å². The van der Waals surface area contributed by atoms with Crippen LogP contribution in [-0.4, -0.2) is 35.2 Å². The average molecular weight is 144 g/mol. The van der Waals surface area contributed by atoms with Crippen LogP contribution >= 0.6 is 0 Å². The van der Waals surface area contributed by atoms with Gasteiger partial charge in [-0.25, -0.2) is 4.79 Å². The third-order valence-electron chi connectivity index (χ3n) is 1.38. The first-order valence-electron chi connectivity index (χ1n) is 2.86. The molecular formula is C5H8N2O3. The number of nitrogens with zero attached hydrogens (tertiary/aromatic N) is 1. The van der Waals surface area contributed by atoms with Gasteiger partial charge in [-0.2, -0.15) is 0 Å². The van der Waals surface area contributed by atoms with Gasteiger partial charge in [0.05, 0.1) is 6.42 Å². The largest absolute Gasteiger partial charge is 0.373 e. The van der Waals surface area contributed by atoms with E-state index in [4.69, 9.17) is 5.11 Å². The van der Waals surface area contributed by atoms with Gasteiger partial charge in [-0.15, -0.1) is 0 Å². The highest BCUT2D eigenvalue weighted by Crippen LogP contribution is 2.03. The Morgan fingerprint density at radius 1 is 1.70 bits per heavy atom. The maximum Gasteiger partial charge on any atom is 0.325 e. The smallest absolute Gasteiger partial charge is 0.325 e. The normalized spacial score (nSPS) is 26.6. The van der Waals surface area contributed by atoms with E-state index in [1.165, 1.54) is 7.05 Å². The molecule has 0 saturated carbocycles. The number of carbonyl (C=O) groups excluding carboxylic acids is 2. The van der Waals surface area contributed by atoms with Crippen molar-refractivity contribution >= 4 is 11.9 Å². The number of aliphatic hydroxyl groups excluding tert-OH is 1. The summed E-state index contributed by atoms with van der Waals surface area (Å²) in [6.07, 6.45) is -1.01. The summed E-state index contributed by atoms with van der Waals surface area (Å²) < 4.78 is 0. The van der Waals surface area contributed by atoms with Crippen LogP contribution in [0.3, 0.4) is 0 Å². The van der Waals surface area contributed by atoms with Crippen molar-refractivity contribution in [1.82, 2.24) is 10.2 Å². The summed E-state index contributed by atoms with van der Waals surface area (Å²) in [5, 5.41) is 11.0. The van der Waals surface area contributed by atoms with Gasteiger partial charge >= 0.3 is 6.03 Å². The molecule has 0 aromatic carbocycles. The third-order valence-corrected chi connectivity index (χ3v) is 1.38. The Hall–Kier alpha value is -1.10. The first kappa shape index (κ1) is 7.01. The molecule has 0 aromatic heterocycles. The van der Waals surface area contributed by atoms with Gasteiger partial charge in [0.25, 0.3) is 0 Å². The number of carbonyl (C=O) groups is 2. The number of amides is 3. The Labute approximate surface area is 57.6 Å². The Balaban J connectivity index is 2.66. The molecule has 1 heterocycles. The van der Waals surface area contributed by atoms with E-state index in [1.54, 1.807) is 0 Å². The molecule has 1 atom stereocenters. The fourth-order valence-corrected chi connectivity index (χ4v) is 0.697. The molecule has 1 aliphatic heterocycles. The van der Waals surface area contributed by atoms with Gasteiger partial charge in [-0.3, -0.25) is 10.1 Å². The fraction of sp³-hybridized carbons (Fsp3) is 0.600. The predicted octanol–water partition coefficient (Wildman–Crippen LogP) is -1.12.